The zero-order valence-corrected chi connectivity index (χ0v) is 8.08. The third kappa shape index (κ3) is 3.16. The van der Waals surface area contributed by atoms with Gasteiger partial charge in [0.2, 0.25) is 5.91 Å². The second kappa shape index (κ2) is 5.36. The highest BCUT2D eigenvalue weighted by Gasteiger charge is 1.99. The van der Waals surface area contributed by atoms with E-state index in [1.165, 1.54) is 0 Å². The maximum absolute atomic E-state index is 11.1. The maximum Gasteiger partial charge on any atom is 0.238 e. The first-order valence-electron chi connectivity index (χ1n) is 4.40. The van der Waals surface area contributed by atoms with E-state index in [2.05, 4.69) is 10.6 Å². The summed E-state index contributed by atoms with van der Waals surface area (Å²) in [6.07, 6.45) is 0. The van der Waals surface area contributed by atoms with Crippen LogP contribution in [0.15, 0.2) is 24.3 Å². The minimum absolute atomic E-state index is 0.0186. The number of hydrogen-bond donors (Lipinski definition) is 3. The summed E-state index contributed by atoms with van der Waals surface area (Å²) in [6, 6.07) is 7.07. The number of hydrogen-bond acceptors (Lipinski definition) is 3. The normalized spacial score (nSPS) is 9.86. The average Bonchev–Trinajstić information content (AvgIpc) is 2.19. The van der Waals surface area contributed by atoms with Crippen LogP contribution < -0.4 is 10.6 Å². The Morgan fingerprint density at radius 3 is 2.50 bits per heavy atom. The molecule has 1 aromatic carbocycles. The smallest absolute Gasteiger partial charge is 0.238 e. The molecule has 0 heterocycles. The number of aliphatic hydroxyl groups is 1. The summed E-state index contributed by atoms with van der Waals surface area (Å²) < 4.78 is 0. The summed E-state index contributed by atoms with van der Waals surface area (Å²) in [7, 11) is 1.72. The van der Waals surface area contributed by atoms with Crippen molar-refractivity contribution in [3.05, 3.63) is 29.8 Å². The molecule has 0 unspecified atom stereocenters. The van der Waals surface area contributed by atoms with Gasteiger partial charge < -0.3 is 15.7 Å². The van der Waals surface area contributed by atoms with Crippen LogP contribution in [0.1, 0.15) is 5.56 Å². The van der Waals surface area contributed by atoms with E-state index in [4.69, 9.17) is 5.11 Å². The monoisotopic (exact) mass is 194 g/mol. The molecule has 76 valence electrons. The molecule has 1 aromatic rings. The van der Waals surface area contributed by atoms with Gasteiger partial charge >= 0.3 is 0 Å². The van der Waals surface area contributed by atoms with E-state index in [0.717, 1.165) is 11.3 Å². The molecule has 0 aliphatic rings. The minimum Gasteiger partial charge on any atom is -0.392 e. The Morgan fingerprint density at radius 1 is 1.36 bits per heavy atom. The molecule has 0 saturated carbocycles. The molecule has 0 aliphatic heterocycles. The molecule has 0 aromatic heterocycles. The molecule has 0 atom stereocenters. The van der Waals surface area contributed by atoms with E-state index in [1.807, 2.05) is 0 Å². The van der Waals surface area contributed by atoms with E-state index < -0.39 is 0 Å². The third-order valence-electron chi connectivity index (χ3n) is 1.76. The van der Waals surface area contributed by atoms with Crippen molar-refractivity contribution in [1.29, 1.82) is 0 Å². The van der Waals surface area contributed by atoms with Gasteiger partial charge in [0.25, 0.3) is 0 Å². The largest absolute Gasteiger partial charge is 0.392 e. The Labute approximate surface area is 82.9 Å². The van der Waals surface area contributed by atoms with Crippen molar-refractivity contribution in [2.75, 3.05) is 18.9 Å². The molecule has 0 fully saturated rings. The number of nitrogens with one attached hydrogen (secondary N) is 2. The van der Waals surface area contributed by atoms with Crippen LogP contribution in [0.2, 0.25) is 0 Å². The Bertz CT molecular complexity index is 295. The molecule has 14 heavy (non-hydrogen) atoms. The van der Waals surface area contributed by atoms with Gasteiger partial charge in [-0.25, -0.2) is 0 Å². The Kier molecular flexibility index (Phi) is 4.10. The van der Waals surface area contributed by atoms with E-state index in [-0.39, 0.29) is 12.5 Å². The van der Waals surface area contributed by atoms with Crippen LogP contribution in [0, 0.1) is 0 Å². The molecule has 0 bridgehead atoms. The maximum atomic E-state index is 11.1. The van der Waals surface area contributed by atoms with Gasteiger partial charge in [0.1, 0.15) is 0 Å². The number of amides is 1. The standard InChI is InChI=1S/C10H14N2O2/c1-11-6-10(14)12-9-4-2-8(7-13)3-5-9/h2-5,11,13H,6-7H2,1H3,(H,12,14). The molecular weight excluding hydrogens is 180 g/mol. The zero-order chi connectivity index (χ0) is 10.4. The zero-order valence-electron chi connectivity index (χ0n) is 8.08. The molecule has 4 heteroatoms. The summed E-state index contributed by atoms with van der Waals surface area (Å²) in [6.45, 7) is 0.312. The molecule has 3 N–H and O–H groups in total. The summed E-state index contributed by atoms with van der Waals surface area (Å²) >= 11 is 0. The molecule has 0 saturated heterocycles. The van der Waals surface area contributed by atoms with Crippen molar-refractivity contribution >= 4 is 11.6 Å². The van der Waals surface area contributed by atoms with Crippen molar-refractivity contribution < 1.29 is 9.90 Å². The van der Waals surface area contributed by atoms with Gasteiger partial charge in [0.15, 0.2) is 0 Å². The second-order valence-corrected chi connectivity index (χ2v) is 2.93. The van der Waals surface area contributed by atoms with Gasteiger partial charge in [-0.1, -0.05) is 12.1 Å². The van der Waals surface area contributed by atoms with Crippen molar-refractivity contribution in [1.82, 2.24) is 5.32 Å². The molecular formula is C10H14N2O2. The molecule has 4 nitrogen and oxygen atoms in total. The lowest BCUT2D eigenvalue weighted by Crippen LogP contribution is -2.24. The lowest BCUT2D eigenvalue weighted by Gasteiger charge is -2.04. The van der Waals surface area contributed by atoms with Crippen molar-refractivity contribution in [2.24, 2.45) is 0 Å². The lowest BCUT2D eigenvalue weighted by atomic mass is 10.2. The highest BCUT2D eigenvalue weighted by Crippen LogP contribution is 2.08. The third-order valence-corrected chi connectivity index (χ3v) is 1.76. The van der Waals surface area contributed by atoms with Gasteiger partial charge in [-0.05, 0) is 24.7 Å². The van der Waals surface area contributed by atoms with Crippen LogP contribution in [-0.2, 0) is 11.4 Å². The average molecular weight is 194 g/mol. The number of benzene rings is 1. The van der Waals surface area contributed by atoms with Crippen molar-refractivity contribution in [3.63, 3.8) is 0 Å². The van der Waals surface area contributed by atoms with Gasteiger partial charge in [-0.2, -0.15) is 0 Å². The van der Waals surface area contributed by atoms with Crippen molar-refractivity contribution in [3.8, 4) is 0 Å². The summed E-state index contributed by atoms with van der Waals surface area (Å²) in [4.78, 5) is 11.1. The van der Waals surface area contributed by atoms with Crippen LogP contribution in [0.25, 0.3) is 0 Å². The van der Waals surface area contributed by atoms with E-state index in [0.29, 0.717) is 6.54 Å². The van der Waals surface area contributed by atoms with Crippen LogP contribution in [-0.4, -0.2) is 24.6 Å². The van der Waals surface area contributed by atoms with Crippen LogP contribution in [0.5, 0.6) is 0 Å². The first-order chi connectivity index (χ1) is 6.76. The molecule has 1 rings (SSSR count). The summed E-state index contributed by atoms with van der Waals surface area (Å²) in [5.74, 6) is -0.0794. The lowest BCUT2D eigenvalue weighted by molar-refractivity contribution is -0.115. The van der Waals surface area contributed by atoms with Gasteiger partial charge in [-0.3, -0.25) is 4.79 Å². The Hall–Kier alpha value is -1.39. The summed E-state index contributed by atoms with van der Waals surface area (Å²) in [5.41, 5.74) is 1.57. The fraction of sp³-hybridized carbons (Fsp3) is 0.300. The van der Waals surface area contributed by atoms with Crippen LogP contribution in [0.3, 0.4) is 0 Å². The first kappa shape index (κ1) is 10.7. The SMILES string of the molecule is CNCC(=O)Nc1ccc(CO)cc1. The Balaban J connectivity index is 2.55. The highest BCUT2D eigenvalue weighted by atomic mass is 16.3. The van der Waals surface area contributed by atoms with Crippen molar-refractivity contribution in [2.45, 2.75) is 6.61 Å². The predicted molar refractivity (Wildman–Crippen MR) is 54.9 cm³/mol. The van der Waals surface area contributed by atoms with Crippen LogP contribution >= 0.6 is 0 Å². The summed E-state index contributed by atoms with van der Waals surface area (Å²) in [5, 5.41) is 14.3. The highest BCUT2D eigenvalue weighted by molar-refractivity contribution is 5.92. The minimum atomic E-state index is -0.0794. The molecule has 0 spiro atoms. The van der Waals surface area contributed by atoms with E-state index >= 15 is 0 Å². The molecule has 0 aliphatic carbocycles. The van der Waals surface area contributed by atoms with E-state index in [1.54, 1.807) is 31.3 Å². The number of carbonyl (C=O) groups is 1. The number of likely N-dealkylation sites (N-methyl/N-ethyl adjacent to an activating group) is 1. The quantitative estimate of drug-likeness (QED) is 0.647. The van der Waals surface area contributed by atoms with Gasteiger partial charge in [-0.15, -0.1) is 0 Å². The van der Waals surface area contributed by atoms with E-state index in [9.17, 15) is 4.79 Å². The number of rotatable bonds is 4. The fourth-order valence-electron chi connectivity index (χ4n) is 1.06. The van der Waals surface area contributed by atoms with Gasteiger partial charge in [0, 0.05) is 5.69 Å². The fourth-order valence-corrected chi connectivity index (χ4v) is 1.06. The number of anilines is 1. The van der Waals surface area contributed by atoms with Crippen LogP contribution in [0.4, 0.5) is 5.69 Å². The van der Waals surface area contributed by atoms with Gasteiger partial charge in [0.05, 0.1) is 13.2 Å². The number of carbonyl (C=O) groups excluding carboxylic acids is 1. The molecule has 1 amide bonds. The second-order valence-electron chi connectivity index (χ2n) is 2.93. The molecule has 0 radical (unpaired) electrons. The number of aliphatic hydroxyl groups excluding tert-OH is 1. The Morgan fingerprint density at radius 2 is 2.00 bits per heavy atom. The predicted octanol–water partition coefficient (Wildman–Crippen LogP) is 0.337. The first-order valence-corrected chi connectivity index (χ1v) is 4.40. The topological polar surface area (TPSA) is 61.4 Å².